The molecule has 7 heteroatoms. The van der Waals surface area contributed by atoms with E-state index in [0.717, 1.165) is 0 Å². The topological polar surface area (TPSA) is 99.1 Å². The molecule has 0 aromatic carbocycles. The van der Waals surface area contributed by atoms with Crippen LogP contribution >= 0.6 is 0 Å². The van der Waals surface area contributed by atoms with Crippen molar-refractivity contribution in [3.05, 3.63) is 0 Å². The first-order valence-electron chi connectivity index (χ1n) is 6.35. The van der Waals surface area contributed by atoms with Crippen LogP contribution in [0.4, 0.5) is 4.79 Å². The largest absolute Gasteiger partial charge is 0.481 e. The maximum Gasteiger partial charge on any atom is 0.318 e. The number of carboxylic acids is 1. The second kappa shape index (κ2) is 6.72. The average Bonchev–Trinajstić information content (AvgIpc) is 2.36. The molecule has 1 aliphatic rings. The van der Waals surface area contributed by atoms with Gasteiger partial charge in [-0.2, -0.15) is 0 Å². The third-order valence-corrected chi connectivity index (χ3v) is 3.11. The Morgan fingerprint density at radius 2 is 2.16 bits per heavy atom. The molecular weight excluding hydrogens is 252 g/mol. The van der Waals surface area contributed by atoms with Gasteiger partial charge in [0.1, 0.15) is 0 Å². The van der Waals surface area contributed by atoms with Crippen molar-refractivity contribution in [2.24, 2.45) is 0 Å². The number of nitrogens with one attached hydrogen (secondary N) is 1. The summed E-state index contributed by atoms with van der Waals surface area (Å²) in [7, 11) is 0. The number of nitrogens with zero attached hydrogens (tertiary/aromatic N) is 1. The molecule has 0 aromatic heterocycles. The van der Waals surface area contributed by atoms with E-state index in [1.54, 1.807) is 13.8 Å². The van der Waals surface area contributed by atoms with Gasteiger partial charge in [-0.15, -0.1) is 0 Å². The van der Waals surface area contributed by atoms with Gasteiger partial charge >= 0.3 is 12.0 Å². The molecule has 0 radical (unpaired) electrons. The van der Waals surface area contributed by atoms with E-state index in [9.17, 15) is 14.7 Å². The number of carbonyl (C=O) groups excluding carboxylic acids is 1. The highest BCUT2D eigenvalue weighted by Gasteiger charge is 2.30. The van der Waals surface area contributed by atoms with Crippen LogP contribution in [0.15, 0.2) is 0 Å². The predicted octanol–water partition coefficient (Wildman–Crippen LogP) is 0.0325. The summed E-state index contributed by atoms with van der Waals surface area (Å²) in [4.78, 5) is 24.2. The fraction of sp³-hybridized carbons (Fsp3) is 0.833. The zero-order chi connectivity index (χ0) is 14.5. The van der Waals surface area contributed by atoms with E-state index in [-0.39, 0.29) is 25.1 Å². The summed E-state index contributed by atoms with van der Waals surface area (Å²) in [6.07, 6.45) is 0.349. The molecule has 1 aliphatic heterocycles. The Bertz CT molecular complexity index is 332. The molecule has 3 N–H and O–H groups in total. The number of amides is 2. The average molecular weight is 274 g/mol. The zero-order valence-electron chi connectivity index (χ0n) is 11.4. The summed E-state index contributed by atoms with van der Waals surface area (Å²) in [6, 6.07) is -0.637. The Kier molecular flexibility index (Phi) is 5.56. The maximum atomic E-state index is 12.1. The van der Waals surface area contributed by atoms with Crippen LogP contribution < -0.4 is 5.32 Å². The lowest BCUT2D eigenvalue weighted by atomic mass is 9.98. The van der Waals surface area contributed by atoms with Crippen molar-refractivity contribution in [2.45, 2.75) is 38.3 Å². The summed E-state index contributed by atoms with van der Waals surface area (Å²) in [6.45, 7) is 4.60. The number of urea groups is 1. The van der Waals surface area contributed by atoms with E-state index in [2.05, 4.69) is 5.32 Å². The molecule has 19 heavy (non-hydrogen) atoms. The fourth-order valence-corrected chi connectivity index (χ4v) is 1.92. The fourth-order valence-electron chi connectivity index (χ4n) is 1.92. The summed E-state index contributed by atoms with van der Waals surface area (Å²) in [5, 5.41) is 20.7. The molecule has 1 unspecified atom stereocenters. The third kappa shape index (κ3) is 5.04. The van der Waals surface area contributed by atoms with E-state index in [4.69, 9.17) is 9.84 Å². The highest BCUT2D eigenvalue weighted by molar-refractivity contribution is 5.75. The number of hydrogen-bond donors (Lipinski definition) is 3. The third-order valence-electron chi connectivity index (χ3n) is 3.11. The van der Waals surface area contributed by atoms with Crippen LogP contribution in [0.25, 0.3) is 0 Å². The second-order valence-electron chi connectivity index (χ2n) is 5.31. The van der Waals surface area contributed by atoms with E-state index in [1.807, 2.05) is 0 Å². The van der Waals surface area contributed by atoms with Crippen LogP contribution in [-0.4, -0.2) is 65.1 Å². The lowest BCUT2D eigenvalue weighted by Gasteiger charge is -2.37. The Morgan fingerprint density at radius 1 is 1.47 bits per heavy atom. The Labute approximate surface area is 112 Å². The number of aliphatic carboxylic acids is 1. The molecule has 0 saturated carbocycles. The van der Waals surface area contributed by atoms with Crippen LogP contribution in [0, 0.1) is 0 Å². The number of aliphatic hydroxyl groups excluding tert-OH is 1. The van der Waals surface area contributed by atoms with Gasteiger partial charge in [0.2, 0.25) is 0 Å². The van der Waals surface area contributed by atoms with Crippen molar-refractivity contribution >= 4 is 12.0 Å². The Hall–Kier alpha value is -1.34. The van der Waals surface area contributed by atoms with Crippen molar-refractivity contribution in [3.8, 4) is 0 Å². The minimum absolute atomic E-state index is 0.000179. The van der Waals surface area contributed by atoms with Gasteiger partial charge in [-0.05, 0) is 20.3 Å². The highest BCUT2D eigenvalue weighted by Crippen LogP contribution is 2.14. The van der Waals surface area contributed by atoms with Gasteiger partial charge in [0.15, 0.2) is 0 Å². The van der Waals surface area contributed by atoms with E-state index in [0.29, 0.717) is 26.2 Å². The van der Waals surface area contributed by atoms with Gasteiger partial charge in [-0.3, -0.25) is 4.79 Å². The highest BCUT2D eigenvalue weighted by atomic mass is 16.5. The first kappa shape index (κ1) is 15.7. The minimum atomic E-state index is -0.887. The van der Waals surface area contributed by atoms with Gasteiger partial charge in [-0.1, -0.05) is 0 Å². The number of carbonyl (C=O) groups is 2. The van der Waals surface area contributed by atoms with Crippen molar-refractivity contribution < 1.29 is 24.5 Å². The molecule has 2 amide bonds. The van der Waals surface area contributed by atoms with Crippen LogP contribution in [-0.2, 0) is 9.53 Å². The van der Waals surface area contributed by atoms with Gasteiger partial charge < -0.3 is 25.2 Å². The monoisotopic (exact) mass is 274 g/mol. The molecule has 0 aliphatic carbocycles. The molecule has 1 heterocycles. The Balaban J connectivity index is 2.54. The predicted molar refractivity (Wildman–Crippen MR) is 67.9 cm³/mol. The smallest absolute Gasteiger partial charge is 0.318 e. The molecule has 110 valence electrons. The van der Waals surface area contributed by atoms with Gasteiger partial charge in [-0.25, -0.2) is 4.79 Å². The maximum absolute atomic E-state index is 12.1. The van der Waals surface area contributed by atoms with E-state index in [1.165, 1.54) is 4.90 Å². The van der Waals surface area contributed by atoms with E-state index >= 15 is 0 Å². The molecule has 7 nitrogen and oxygen atoms in total. The zero-order valence-corrected chi connectivity index (χ0v) is 11.4. The standard InChI is InChI=1S/C12H22N2O5/c1-12(2,4-3-10(16)17)13-11(18)14-5-6-19-8-9(14)7-15/h9,15H,3-8H2,1-2H3,(H,13,18)(H,16,17). The minimum Gasteiger partial charge on any atom is -0.481 e. The number of ether oxygens (including phenoxy) is 1. The van der Waals surface area contributed by atoms with Gasteiger partial charge in [0.05, 0.1) is 25.9 Å². The summed E-state index contributed by atoms with van der Waals surface area (Å²) < 4.78 is 5.20. The molecule has 1 rings (SSSR count). The van der Waals surface area contributed by atoms with Crippen LogP contribution in [0.2, 0.25) is 0 Å². The van der Waals surface area contributed by atoms with Gasteiger partial charge in [0, 0.05) is 18.5 Å². The molecule has 1 fully saturated rings. The number of morpholine rings is 1. The number of hydrogen-bond acceptors (Lipinski definition) is 4. The number of rotatable bonds is 5. The van der Waals surface area contributed by atoms with Crippen molar-refractivity contribution in [1.29, 1.82) is 0 Å². The van der Waals surface area contributed by atoms with Crippen LogP contribution in [0.1, 0.15) is 26.7 Å². The van der Waals surface area contributed by atoms with Crippen molar-refractivity contribution in [2.75, 3.05) is 26.4 Å². The van der Waals surface area contributed by atoms with Crippen molar-refractivity contribution in [1.82, 2.24) is 10.2 Å². The van der Waals surface area contributed by atoms with Crippen molar-refractivity contribution in [3.63, 3.8) is 0 Å². The molecule has 1 atom stereocenters. The van der Waals surface area contributed by atoms with Crippen LogP contribution in [0.3, 0.4) is 0 Å². The Morgan fingerprint density at radius 3 is 2.74 bits per heavy atom. The molecule has 0 bridgehead atoms. The number of carboxylic acid groups (broad SMARTS) is 1. The summed E-state index contributed by atoms with van der Waals surface area (Å²) in [5.41, 5.74) is -0.603. The first-order valence-corrected chi connectivity index (χ1v) is 6.35. The summed E-state index contributed by atoms with van der Waals surface area (Å²) >= 11 is 0. The quantitative estimate of drug-likeness (QED) is 0.657. The molecule has 0 aromatic rings. The van der Waals surface area contributed by atoms with Crippen LogP contribution in [0.5, 0.6) is 0 Å². The van der Waals surface area contributed by atoms with E-state index < -0.39 is 11.5 Å². The van der Waals surface area contributed by atoms with Gasteiger partial charge in [0.25, 0.3) is 0 Å². The molecule has 0 spiro atoms. The molecule has 1 saturated heterocycles. The first-order chi connectivity index (χ1) is 8.85. The normalized spacial score (nSPS) is 20.2. The number of aliphatic hydroxyl groups is 1. The lowest BCUT2D eigenvalue weighted by molar-refractivity contribution is -0.137. The summed E-state index contributed by atoms with van der Waals surface area (Å²) in [5.74, 6) is -0.887. The SMILES string of the molecule is CC(C)(CCC(=O)O)NC(=O)N1CCOCC1CO. The molecular formula is C12H22N2O5. The second-order valence-corrected chi connectivity index (χ2v) is 5.31. The lowest BCUT2D eigenvalue weighted by Crippen LogP contribution is -2.57.